The molecule has 6 heteroatoms. The van der Waals surface area contributed by atoms with Gasteiger partial charge in [0.25, 0.3) is 5.91 Å². The highest BCUT2D eigenvalue weighted by atomic mass is 16.4. The average Bonchev–Trinajstić information content (AvgIpc) is 2.95. The van der Waals surface area contributed by atoms with Crippen molar-refractivity contribution in [3.63, 3.8) is 0 Å². The number of carboxylic acids is 1. The third-order valence-corrected chi connectivity index (χ3v) is 3.07. The number of carbonyl (C=O) groups is 2. The van der Waals surface area contributed by atoms with Crippen LogP contribution < -0.4 is 5.32 Å². The minimum Gasteiger partial charge on any atom is -0.481 e. The molecule has 2 aromatic rings. The monoisotopic (exact) mass is 287 g/mol. The number of anilines is 1. The van der Waals surface area contributed by atoms with E-state index in [1.54, 1.807) is 6.20 Å². The maximum atomic E-state index is 12.0. The minimum absolute atomic E-state index is 0.0266. The Morgan fingerprint density at radius 1 is 1.29 bits per heavy atom. The molecular formula is C15H17N3O3. The van der Waals surface area contributed by atoms with Crippen LogP contribution in [0.4, 0.5) is 5.69 Å². The normalized spacial score (nSPS) is 10.3. The summed E-state index contributed by atoms with van der Waals surface area (Å²) in [5.74, 6) is -1.16. The molecule has 0 bridgehead atoms. The van der Waals surface area contributed by atoms with E-state index >= 15 is 0 Å². The van der Waals surface area contributed by atoms with Gasteiger partial charge in [-0.1, -0.05) is 19.1 Å². The van der Waals surface area contributed by atoms with Crippen LogP contribution in [0.1, 0.15) is 29.3 Å². The van der Waals surface area contributed by atoms with Crippen molar-refractivity contribution in [2.75, 3.05) is 5.32 Å². The van der Waals surface area contributed by atoms with E-state index in [1.807, 2.05) is 24.3 Å². The summed E-state index contributed by atoms with van der Waals surface area (Å²) in [5.41, 5.74) is 2.32. The molecule has 0 saturated carbocycles. The Morgan fingerprint density at radius 3 is 2.62 bits per heavy atom. The maximum Gasteiger partial charge on any atom is 0.305 e. The van der Waals surface area contributed by atoms with Gasteiger partial charge >= 0.3 is 5.97 Å². The average molecular weight is 287 g/mol. The van der Waals surface area contributed by atoms with Gasteiger partial charge < -0.3 is 10.4 Å². The van der Waals surface area contributed by atoms with Crippen LogP contribution in [0.2, 0.25) is 0 Å². The summed E-state index contributed by atoms with van der Waals surface area (Å²) in [6, 6.07) is 7.63. The van der Waals surface area contributed by atoms with Crippen molar-refractivity contribution in [3.05, 3.63) is 47.8 Å². The van der Waals surface area contributed by atoms with E-state index in [2.05, 4.69) is 17.3 Å². The highest BCUT2D eigenvalue weighted by Gasteiger charge is 2.09. The summed E-state index contributed by atoms with van der Waals surface area (Å²) in [4.78, 5) is 22.5. The van der Waals surface area contributed by atoms with Crippen LogP contribution in [0.5, 0.6) is 0 Å². The smallest absolute Gasteiger partial charge is 0.305 e. The number of rotatable bonds is 6. The van der Waals surface area contributed by atoms with Crippen molar-refractivity contribution in [3.8, 4) is 0 Å². The van der Waals surface area contributed by atoms with Crippen molar-refractivity contribution in [1.29, 1.82) is 0 Å². The zero-order chi connectivity index (χ0) is 15.2. The first-order chi connectivity index (χ1) is 10.1. The predicted octanol–water partition coefficient (Wildman–Crippen LogP) is 2.17. The Balaban J connectivity index is 1.97. The van der Waals surface area contributed by atoms with E-state index in [0.29, 0.717) is 5.56 Å². The van der Waals surface area contributed by atoms with Gasteiger partial charge in [-0.3, -0.25) is 14.3 Å². The van der Waals surface area contributed by atoms with Crippen molar-refractivity contribution < 1.29 is 14.7 Å². The molecule has 0 aliphatic carbocycles. The summed E-state index contributed by atoms with van der Waals surface area (Å²) in [6.45, 7) is 2.31. The third kappa shape index (κ3) is 4.17. The molecule has 1 heterocycles. The van der Waals surface area contributed by atoms with E-state index < -0.39 is 5.97 Å². The van der Waals surface area contributed by atoms with Crippen LogP contribution in [0.3, 0.4) is 0 Å². The van der Waals surface area contributed by atoms with Crippen molar-refractivity contribution in [2.45, 2.75) is 26.3 Å². The molecule has 2 rings (SSSR count). The molecule has 6 nitrogen and oxygen atoms in total. The number of carbonyl (C=O) groups excluding carboxylic acids is 1. The number of nitrogens with zero attached hydrogens (tertiary/aromatic N) is 2. The van der Waals surface area contributed by atoms with Crippen molar-refractivity contribution in [2.24, 2.45) is 0 Å². The number of nitrogens with one attached hydrogen (secondary N) is 1. The van der Waals surface area contributed by atoms with Crippen LogP contribution in [-0.2, 0) is 17.8 Å². The number of carboxylic acid groups (broad SMARTS) is 1. The van der Waals surface area contributed by atoms with Crippen molar-refractivity contribution >= 4 is 17.6 Å². The van der Waals surface area contributed by atoms with Gasteiger partial charge in [0, 0.05) is 11.9 Å². The Morgan fingerprint density at radius 2 is 2.00 bits per heavy atom. The molecule has 0 spiro atoms. The number of hydrogen-bond donors (Lipinski definition) is 2. The molecule has 0 atom stereocenters. The first-order valence-corrected chi connectivity index (χ1v) is 6.73. The molecule has 0 radical (unpaired) electrons. The summed E-state index contributed by atoms with van der Waals surface area (Å²) >= 11 is 0. The fraction of sp³-hybridized carbons (Fsp3) is 0.267. The second kappa shape index (κ2) is 6.69. The molecule has 2 N–H and O–H groups in total. The summed E-state index contributed by atoms with van der Waals surface area (Å²) < 4.78 is 1.45. The lowest BCUT2D eigenvalue weighted by molar-refractivity contribution is -0.137. The van der Waals surface area contributed by atoms with Crippen LogP contribution in [-0.4, -0.2) is 26.8 Å². The number of aryl methyl sites for hydroxylation is 2. The molecule has 0 saturated heterocycles. The van der Waals surface area contributed by atoms with Gasteiger partial charge in [-0.25, -0.2) is 0 Å². The molecule has 0 aliphatic heterocycles. The highest BCUT2D eigenvalue weighted by molar-refractivity contribution is 6.03. The van der Waals surface area contributed by atoms with Crippen LogP contribution in [0.15, 0.2) is 36.7 Å². The molecule has 110 valence electrons. The summed E-state index contributed by atoms with van der Waals surface area (Å²) in [7, 11) is 0. The first kappa shape index (κ1) is 14.8. The van der Waals surface area contributed by atoms with E-state index in [-0.39, 0.29) is 18.9 Å². The SMILES string of the molecule is CCc1ccc(NC(=O)c2cnn(CCC(=O)O)c2)cc1. The molecule has 1 aromatic carbocycles. The van der Waals surface area contributed by atoms with Gasteiger partial charge in [-0.05, 0) is 24.1 Å². The molecule has 1 aromatic heterocycles. The topological polar surface area (TPSA) is 84.2 Å². The Bertz CT molecular complexity index is 632. The van der Waals surface area contributed by atoms with E-state index in [9.17, 15) is 9.59 Å². The standard InChI is InChI=1S/C15H17N3O3/c1-2-11-3-5-13(6-4-11)17-15(21)12-9-16-18(10-12)8-7-14(19)20/h3-6,9-10H,2,7-8H2,1H3,(H,17,21)(H,19,20). The summed E-state index contributed by atoms with van der Waals surface area (Å²) in [5, 5.41) is 15.4. The van der Waals surface area contributed by atoms with Gasteiger partial charge in [0.1, 0.15) is 0 Å². The number of benzene rings is 1. The van der Waals surface area contributed by atoms with Crippen molar-refractivity contribution in [1.82, 2.24) is 9.78 Å². The lowest BCUT2D eigenvalue weighted by atomic mass is 10.1. The van der Waals surface area contributed by atoms with E-state index in [4.69, 9.17) is 5.11 Å². The van der Waals surface area contributed by atoms with Gasteiger partial charge in [0.05, 0.1) is 24.7 Å². The quantitative estimate of drug-likeness (QED) is 0.852. The highest BCUT2D eigenvalue weighted by Crippen LogP contribution is 2.11. The Hall–Kier alpha value is -2.63. The largest absolute Gasteiger partial charge is 0.481 e. The first-order valence-electron chi connectivity index (χ1n) is 6.73. The Kier molecular flexibility index (Phi) is 4.71. The van der Waals surface area contributed by atoms with Gasteiger partial charge in [-0.2, -0.15) is 5.10 Å². The van der Waals surface area contributed by atoms with E-state index in [0.717, 1.165) is 12.1 Å². The number of aromatic nitrogens is 2. The van der Waals surface area contributed by atoms with Gasteiger partial charge in [-0.15, -0.1) is 0 Å². The molecule has 0 aliphatic rings. The third-order valence-electron chi connectivity index (χ3n) is 3.07. The zero-order valence-electron chi connectivity index (χ0n) is 11.7. The fourth-order valence-corrected chi connectivity index (χ4v) is 1.84. The fourth-order valence-electron chi connectivity index (χ4n) is 1.84. The van der Waals surface area contributed by atoms with Gasteiger partial charge in [0.2, 0.25) is 0 Å². The second-order valence-electron chi connectivity index (χ2n) is 4.64. The number of hydrogen-bond acceptors (Lipinski definition) is 3. The minimum atomic E-state index is -0.896. The summed E-state index contributed by atoms with van der Waals surface area (Å²) in [6.07, 6.45) is 3.89. The molecule has 0 fully saturated rings. The van der Waals surface area contributed by atoms with E-state index in [1.165, 1.54) is 16.4 Å². The Labute approximate surface area is 122 Å². The lowest BCUT2D eigenvalue weighted by Gasteiger charge is -2.04. The zero-order valence-corrected chi connectivity index (χ0v) is 11.7. The molecule has 0 unspecified atom stereocenters. The van der Waals surface area contributed by atoms with Crippen LogP contribution in [0, 0.1) is 0 Å². The predicted molar refractivity (Wildman–Crippen MR) is 78.3 cm³/mol. The van der Waals surface area contributed by atoms with Crippen LogP contribution in [0.25, 0.3) is 0 Å². The lowest BCUT2D eigenvalue weighted by Crippen LogP contribution is -2.11. The van der Waals surface area contributed by atoms with Gasteiger partial charge in [0.15, 0.2) is 0 Å². The molecular weight excluding hydrogens is 270 g/mol. The number of aliphatic carboxylic acids is 1. The van der Waals surface area contributed by atoms with Crippen LogP contribution >= 0.6 is 0 Å². The molecule has 1 amide bonds. The molecule has 21 heavy (non-hydrogen) atoms. The second-order valence-corrected chi connectivity index (χ2v) is 4.64. The number of amides is 1. The maximum absolute atomic E-state index is 12.0.